The van der Waals surface area contributed by atoms with Crippen LogP contribution >= 0.6 is 11.3 Å². The van der Waals surface area contributed by atoms with Crippen LogP contribution < -0.4 is 10.6 Å². The van der Waals surface area contributed by atoms with Crippen LogP contribution in [-0.2, 0) is 11.3 Å². The van der Waals surface area contributed by atoms with Crippen molar-refractivity contribution in [1.29, 1.82) is 0 Å². The molecule has 5 heteroatoms. The summed E-state index contributed by atoms with van der Waals surface area (Å²) in [5, 5.41) is 7.30. The summed E-state index contributed by atoms with van der Waals surface area (Å²) in [6.45, 7) is 5.54. The summed E-state index contributed by atoms with van der Waals surface area (Å²) in [5.41, 5.74) is 1.03. The van der Waals surface area contributed by atoms with Gasteiger partial charge < -0.3 is 10.6 Å². The zero-order valence-electron chi connectivity index (χ0n) is 10.4. The lowest BCUT2D eigenvalue weighted by Gasteiger charge is -2.22. The number of hydrogen-bond acceptors (Lipinski definition) is 4. The minimum atomic E-state index is -0.00178. The average Bonchev–Trinajstić information content (AvgIpc) is 2.66. The molecule has 0 bridgehead atoms. The summed E-state index contributed by atoms with van der Waals surface area (Å²) >= 11 is 1.66. The van der Waals surface area contributed by atoms with Crippen LogP contribution in [0.3, 0.4) is 0 Å². The maximum atomic E-state index is 11.9. The molecule has 0 unspecified atom stereocenters. The molecule has 1 aliphatic heterocycles. The van der Waals surface area contributed by atoms with Gasteiger partial charge in [0.1, 0.15) is 0 Å². The number of carbonyl (C=O) groups is 1. The molecule has 1 aliphatic rings. The first-order valence-corrected chi connectivity index (χ1v) is 6.92. The van der Waals surface area contributed by atoms with Gasteiger partial charge in [0.05, 0.1) is 23.3 Å². The third-order valence-corrected chi connectivity index (χ3v) is 4.12. The van der Waals surface area contributed by atoms with E-state index in [2.05, 4.69) is 15.6 Å². The van der Waals surface area contributed by atoms with Crippen molar-refractivity contribution in [3.8, 4) is 0 Å². The first kappa shape index (κ1) is 12.5. The van der Waals surface area contributed by atoms with E-state index in [4.69, 9.17) is 0 Å². The van der Waals surface area contributed by atoms with Gasteiger partial charge in [-0.05, 0) is 33.2 Å². The predicted octanol–water partition coefficient (Wildman–Crippen LogP) is 1.52. The van der Waals surface area contributed by atoms with E-state index in [0.717, 1.165) is 35.0 Å². The Balaban J connectivity index is 1.85. The monoisotopic (exact) mass is 253 g/mol. The quantitative estimate of drug-likeness (QED) is 0.858. The summed E-state index contributed by atoms with van der Waals surface area (Å²) in [6, 6.07) is -0.00178. The molecule has 17 heavy (non-hydrogen) atoms. The van der Waals surface area contributed by atoms with Crippen LogP contribution in [0.4, 0.5) is 0 Å². The number of thiazole rings is 1. The normalized spacial score (nSPS) is 20.2. The van der Waals surface area contributed by atoms with Crippen molar-refractivity contribution in [3.05, 3.63) is 15.6 Å². The molecule has 2 rings (SSSR count). The molecule has 0 spiro atoms. The lowest BCUT2D eigenvalue weighted by molar-refractivity contribution is -0.123. The number of amides is 1. The first-order chi connectivity index (χ1) is 8.16. The Morgan fingerprint density at radius 1 is 1.53 bits per heavy atom. The van der Waals surface area contributed by atoms with Crippen molar-refractivity contribution >= 4 is 17.2 Å². The maximum Gasteiger partial charge on any atom is 0.237 e. The van der Waals surface area contributed by atoms with Gasteiger partial charge in [0.2, 0.25) is 5.91 Å². The van der Waals surface area contributed by atoms with Gasteiger partial charge in [0, 0.05) is 4.88 Å². The maximum absolute atomic E-state index is 11.9. The van der Waals surface area contributed by atoms with Crippen molar-refractivity contribution in [2.45, 2.75) is 45.7 Å². The van der Waals surface area contributed by atoms with Crippen LogP contribution in [0.2, 0.25) is 0 Å². The van der Waals surface area contributed by atoms with Gasteiger partial charge in [-0.1, -0.05) is 6.42 Å². The molecule has 94 valence electrons. The average molecular weight is 253 g/mol. The second-order valence-electron chi connectivity index (χ2n) is 4.46. The third-order valence-electron chi connectivity index (χ3n) is 3.05. The van der Waals surface area contributed by atoms with E-state index in [0.29, 0.717) is 6.54 Å². The topological polar surface area (TPSA) is 54.0 Å². The Hall–Kier alpha value is -0.940. The molecular weight excluding hydrogens is 234 g/mol. The Bertz CT molecular complexity index is 396. The minimum absolute atomic E-state index is 0.00178. The second kappa shape index (κ2) is 5.60. The van der Waals surface area contributed by atoms with E-state index < -0.39 is 0 Å². The molecule has 1 fully saturated rings. The highest BCUT2D eigenvalue weighted by molar-refractivity contribution is 7.11. The fourth-order valence-corrected chi connectivity index (χ4v) is 2.98. The van der Waals surface area contributed by atoms with Crippen LogP contribution in [0.15, 0.2) is 0 Å². The van der Waals surface area contributed by atoms with Crippen molar-refractivity contribution in [2.75, 3.05) is 6.54 Å². The number of aryl methyl sites for hydroxylation is 2. The SMILES string of the molecule is Cc1nc(C)c(CNC(=O)[C@H]2CCCCN2)s1. The fourth-order valence-electron chi connectivity index (χ4n) is 2.10. The number of carbonyl (C=O) groups excluding carboxylic acids is 1. The Kier molecular flexibility index (Phi) is 4.12. The van der Waals surface area contributed by atoms with E-state index >= 15 is 0 Å². The third kappa shape index (κ3) is 3.26. The number of hydrogen-bond donors (Lipinski definition) is 2. The van der Waals surface area contributed by atoms with Crippen molar-refractivity contribution in [1.82, 2.24) is 15.6 Å². The lowest BCUT2D eigenvalue weighted by atomic mass is 10.0. The second-order valence-corrected chi connectivity index (χ2v) is 5.75. The van der Waals surface area contributed by atoms with Crippen LogP contribution in [-0.4, -0.2) is 23.5 Å². The van der Waals surface area contributed by atoms with Crippen LogP contribution in [0.1, 0.15) is 34.8 Å². The van der Waals surface area contributed by atoms with E-state index in [1.807, 2.05) is 13.8 Å². The Morgan fingerprint density at radius 2 is 2.35 bits per heavy atom. The largest absolute Gasteiger partial charge is 0.350 e. The number of rotatable bonds is 3. The van der Waals surface area contributed by atoms with Gasteiger partial charge in [0.15, 0.2) is 0 Å². The number of nitrogens with one attached hydrogen (secondary N) is 2. The molecule has 0 radical (unpaired) electrons. The zero-order chi connectivity index (χ0) is 12.3. The molecule has 2 heterocycles. The highest BCUT2D eigenvalue weighted by atomic mass is 32.1. The van der Waals surface area contributed by atoms with Crippen molar-refractivity contribution in [2.24, 2.45) is 0 Å². The molecule has 1 aromatic heterocycles. The standard InChI is InChI=1S/C12H19N3OS/c1-8-11(17-9(2)15-8)7-14-12(16)10-5-3-4-6-13-10/h10,13H,3-7H2,1-2H3,(H,14,16)/t10-/m1/s1. The fraction of sp³-hybridized carbons (Fsp3) is 0.667. The Labute approximate surface area is 106 Å². The molecule has 0 aliphatic carbocycles. The van der Waals surface area contributed by atoms with Gasteiger partial charge in [-0.2, -0.15) is 0 Å². The van der Waals surface area contributed by atoms with Gasteiger partial charge in [-0.25, -0.2) is 4.98 Å². The molecule has 1 atom stereocenters. The molecular formula is C12H19N3OS. The zero-order valence-corrected chi connectivity index (χ0v) is 11.2. The van der Waals surface area contributed by atoms with Crippen LogP contribution in [0.25, 0.3) is 0 Å². The van der Waals surface area contributed by atoms with E-state index in [-0.39, 0.29) is 11.9 Å². The molecule has 0 saturated carbocycles. The van der Waals surface area contributed by atoms with Crippen molar-refractivity contribution in [3.63, 3.8) is 0 Å². The van der Waals surface area contributed by atoms with Gasteiger partial charge in [0.25, 0.3) is 0 Å². The molecule has 1 amide bonds. The van der Waals surface area contributed by atoms with E-state index in [9.17, 15) is 4.79 Å². The van der Waals surface area contributed by atoms with Crippen molar-refractivity contribution < 1.29 is 4.79 Å². The highest BCUT2D eigenvalue weighted by Gasteiger charge is 2.20. The summed E-state index contributed by atoms with van der Waals surface area (Å²) in [6.07, 6.45) is 3.27. The lowest BCUT2D eigenvalue weighted by Crippen LogP contribution is -2.46. The molecule has 0 aromatic carbocycles. The Morgan fingerprint density at radius 3 is 2.94 bits per heavy atom. The first-order valence-electron chi connectivity index (χ1n) is 6.11. The number of nitrogens with zero attached hydrogens (tertiary/aromatic N) is 1. The van der Waals surface area contributed by atoms with Gasteiger partial charge in [-0.3, -0.25) is 4.79 Å². The summed E-state index contributed by atoms with van der Waals surface area (Å²) in [5.74, 6) is 0.121. The molecule has 1 aromatic rings. The van der Waals surface area contributed by atoms with Gasteiger partial charge in [-0.15, -0.1) is 11.3 Å². The molecule has 4 nitrogen and oxygen atoms in total. The summed E-state index contributed by atoms with van der Waals surface area (Å²) in [4.78, 5) is 17.4. The highest BCUT2D eigenvalue weighted by Crippen LogP contribution is 2.16. The van der Waals surface area contributed by atoms with Gasteiger partial charge >= 0.3 is 0 Å². The molecule has 2 N–H and O–H groups in total. The predicted molar refractivity (Wildman–Crippen MR) is 69.1 cm³/mol. The summed E-state index contributed by atoms with van der Waals surface area (Å²) in [7, 11) is 0. The summed E-state index contributed by atoms with van der Waals surface area (Å²) < 4.78 is 0. The minimum Gasteiger partial charge on any atom is -0.350 e. The smallest absolute Gasteiger partial charge is 0.237 e. The molecule has 1 saturated heterocycles. The number of aromatic nitrogens is 1. The van der Waals surface area contributed by atoms with E-state index in [1.54, 1.807) is 11.3 Å². The van der Waals surface area contributed by atoms with Crippen LogP contribution in [0, 0.1) is 13.8 Å². The van der Waals surface area contributed by atoms with Crippen LogP contribution in [0.5, 0.6) is 0 Å². The number of piperidine rings is 1. The van der Waals surface area contributed by atoms with E-state index in [1.165, 1.54) is 6.42 Å².